The van der Waals surface area contributed by atoms with Gasteiger partial charge in [0.05, 0.1) is 32.2 Å². The fourth-order valence-electron chi connectivity index (χ4n) is 3.17. The number of aliphatic hydroxyl groups is 1. The van der Waals surface area contributed by atoms with Crippen LogP contribution in [0.25, 0.3) is 0 Å². The summed E-state index contributed by atoms with van der Waals surface area (Å²) >= 11 is 3.95. The first kappa shape index (κ1) is 39.0. The number of aliphatic hydroxyl groups excluding tert-OH is 1. The summed E-state index contributed by atoms with van der Waals surface area (Å²) in [4.78, 5) is 96.0. The molecule has 13 N–H and O–H groups in total. The van der Waals surface area contributed by atoms with Gasteiger partial charge in [-0.1, -0.05) is 0 Å². The molecule has 0 heterocycles. The van der Waals surface area contributed by atoms with E-state index in [2.05, 4.69) is 39.2 Å². The number of amides is 6. The van der Waals surface area contributed by atoms with Crippen molar-refractivity contribution in [1.82, 2.24) is 31.9 Å². The van der Waals surface area contributed by atoms with Gasteiger partial charge in [-0.3, -0.25) is 33.6 Å². The lowest BCUT2D eigenvalue weighted by Gasteiger charge is -2.22. The van der Waals surface area contributed by atoms with Crippen LogP contribution in [0, 0.1) is 0 Å². The largest absolute Gasteiger partial charge is 0.481 e. The maximum Gasteiger partial charge on any atom is 0.326 e. The first-order valence-corrected chi connectivity index (χ1v) is 13.7. The molecule has 0 fully saturated rings. The van der Waals surface area contributed by atoms with Crippen LogP contribution in [0.5, 0.6) is 0 Å². The van der Waals surface area contributed by atoms with Crippen molar-refractivity contribution in [2.75, 3.05) is 32.0 Å². The van der Waals surface area contributed by atoms with Crippen LogP contribution in [0.1, 0.15) is 32.6 Å². The first-order valence-electron chi connectivity index (χ1n) is 13.0. The highest BCUT2D eigenvalue weighted by molar-refractivity contribution is 7.80. The van der Waals surface area contributed by atoms with Crippen LogP contribution in [0.2, 0.25) is 0 Å². The minimum Gasteiger partial charge on any atom is -0.481 e. The summed E-state index contributed by atoms with van der Waals surface area (Å²) in [7, 11) is 0. The van der Waals surface area contributed by atoms with Crippen LogP contribution in [0.3, 0.4) is 0 Å². The molecule has 0 rings (SSSR count). The molecule has 0 bridgehead atoms. The minimum absolute atomic E-state index is 0.0851. The molecule has 19 nitrogen and oxygen atoms in total. The van der Waals surface area contributed by atoms with Gasteiger partial charge in [0.2, 0.25) is 35.4 Å². The monoisotopic (exact) mass is 636 g/mol. The van der Waals surface area contributed by atoms with Gasteiger partial charge in [0.25, 0.3) is 0 Å². The number of carboxylic acid groups (broad SMARTS) is 2. The molecule has 0 radical (unpaired) electrons. The Morgan fingerprint density at radius 2 is 1.23 bits per heavy atom. The van der Waals surface area contributed by atoms with E-state index in [-0.39, 0.29) is 12.2 Å². The molecule has 0 aromatic rings. The van der Waals surface area contributed by atoms with Crippen LogP contribution >= 0.6 is 12.6 Å². The van der Waals surface area contributed by atoms with E-state index in [1.165, 1.54) is 6.92 Å². The summed E-state index contributed by atoms with van der Waals surface area (Å²) in [6.07, 6.45) is 0.0875. The quantitative estimate of drug-likeness (QED) is 0.0413. The molecule has 6 amide bonds. The number of aliphatic carboxylic acids is 2. The van der Waals surface area contributed by atoms with Gasteiger partial charge in [0, 0.05) is 5.75 Å². The molecule has 0 aromatic heterocycles. The van der Waals surface area contributed by atoms with E-state index in [0.717, 1.165) is 0 Å². The number of carbonyl (C=O) groups is 8. The second kappa shape index (κ2) is 20.8. The molecule has 0 aliphatic heterocycles. The van der Waals surface area contributed by atoms with Crippen molar-refractivity contribution < 1.29 is 53.7 Å². The van der Waals surface area contributed by atoms with Gasteiger partial charge in [-0.05, 0) is 32.7 Å². The first-order chi connectivity index (χ1) is 20.2. The van der Waals surface area contributed by atoms with E-state index in [1.54, 1.807) is 0 Å². The number of unbranched alkanes of at least 4 members (excludes halogenated alkanes) is 1. The van der Waals surface area contributed by atoms with E-state index >= 15 is 0 Å². The summed E-state index contributed by atoms with van der Waals surface area (Å²) < 4.78 is 0. The Morgan fingerprint density at radius 1 is 0.721 bits per heavy atom. The third-order valence-electron chi connectivity index (χ3n) is 5.50. The molecular formula is C23H40N8O11S. The SMILES string of the molecule is C[C@H](N)C(=O)N[C@@H](CS)C(=O)NCC(=O)N[C@@H](CO)C(=O)N[C@@H](CC(=O)O)C(=O)NCC(=O)N[C@@H](CCCCN)C(=O)O. The third kappa shape index (κ3) is 16.3. The highest BCUT2D eigenvalue weighted by Crippen LogP contribution is 2.01. The Balaban J connectivity index is 5.10. The molecule has 0 aliphatic carbocycles. The van der Waals surface area contributed by atoms with Crippen LogP contribution in [-0.2, 0) is 38.4 Å². The van der Waals surface area contributed by atoms with Crippen molar-refractivity contribution in [2.24, 2.45) is 11.5 Å². The second-order valence-electron chi connectivity index (χ2n) is 9.17. The normalized spacial score (nSPS) is 14.1. The van der Waals surface area contributed by atoms with Gasteiger partial charge in [-0.25, -0.2) is 4.79 Å². The van der Waals surface area contributed by atoms with E-state index in [1.807, 2.05) is 5.32 Å². The molecule has 0 saturated carbocycles. The third-order valence-corrected chi connectivity index (χ3v) is 5.87. The molecule has 43 heavy (non-hydrogen) atoms. The Bertz CT molecular complexity index is 1010. The van der Waals surface area contributed by atoms with Crippen LogP contribution < -0.4 is 43.4 Å². The molecule has 0 aliphatic rings. The topological polar surface area (TPSA) is 321 Å². The van der Waals surface area contributed by atoms with Gasteiger partial charge < -0.3 is 58.7 Å². The molecule has 0 aromatic carbocycles. The Morgan fingerprint density at radius 3 is 1.67 bits per heavy atom. The number of carboxylic acids is 2. The zero-order chi connectivity index (χ0) is 33.1. The molecule has 5 atom stereocenters. The fourth-order valence-corrected chi connectivity index (χ4v) is 3.43. The predicted octanol–water partition coefficient (Wildman–Crippen LogP) is -5.88. The standard InChI is InChI=1S/C23H40N8O11S/c1-11(25)19(37)31-15(10-43)21(39)27-8-17(34)29-14(9-32)22(40)30-13(6-18(35)36)20(38)26-7-16(33)28-12(23(41)42)4-2-3-5-24/h11-15,32,43H,2-10,24-25H2,1H3,(H,26,38)(H,27,39)(H,28,33)(H,29,34)(H,30,40)(H,31,37)(H,35,36)(H,41,42)/t11-,12-,13-,14-,15-/m0/s1. The van der Waals surface area contributed by atoms with Crippen LogP contribution in [0.4, 0.5) is 0 Å². The van der Waals surface area contributed by atoms with Crippen molar-refractivity contribution in [1.29, 1.82) is 0 Å². The van der Waals surface area contributed by atoms with E-state index in [4.69, 9.17) is 16.6 Å². The number of nitrogens with two attached hydrogens (primary N) is 2. The lowest BCUT2D eigenvalue weighted by Crippen LogP contribution is -2.57. The lowest BCUT2D eigenvalue weighted by atomic mass is 10.1. The van der Waals surface area contributed by atoms with E-state index in [0.29, 0.717) is 19.4 Å². The highest BCUT2D eigenvalue weighted by atomic mass is 32.1. The van der Waals surface area contributed by atoms with Crippen molar-refractivity contribution in [3.8, 4) is 0 Å². The summed E-state index contributed by atoms with van der Waals surface area (Å²) in [5, 5.41) is 40.9. The lowest BCUT2D eigenvalue weighted by molar-refractivity contribution is -0.142. The maximum absolute atomic E-state index is 12.6. The molecular weight excluding hydrogens is 596 g/mol. The van der Waals surface area contributed by atoms with Gasteiger partial charge in [-0.15, -0.1) is 0 Å². The molecule has 20 heteroatoms. The molecule has 0 spiro atoms. The Hall–Kier alpha value is -4.01. The van der Waals surface area contributed by atoms with E-state index < -0.39 is 104 Å². The van der Waals surface area contributed by atoms with Gasteiger partial charge in [-0.2, -0.15) is 12.6 Å². The van der Waals surface area contributed by atoms with Gasteiger partial charge >= 0.3 is 11.9 Å². The second-order valence-corrected chi connectivity index (χ2v) is 9.54. The fraction of sp³-hybridized carbons (Fsp3) is 0.652. The number of thiol groups is 1. The number of carbonyl (C=O) groups excluding carboxylic acids is 6. The number of rotatable bonds is 21. The average molecular weight is 637 g/mol. The van der Waals surface area contributed by atoms with E-state index in [9.17, 15) is 48.6 Å². The highest BCUT2D eigenvalue weighted by Gasteiger charge is 2.29. The average Bonchev–Trinajstić information content (AvgIpc) is 2.94. The number of hydrogen-bond donors (Lipinski definition) is 12. The number of hydrogen-bond acceptors (Lipinski definition) is 12. The van der Waals surface area contributed by atoms with Gasteiger partial charge in [0.15, 0.2) is 0 Å². The molecule has 244 valence electrons. The summed E-state index contributed by atoms with van der Waals surface area (Å²) in [6, 6.07) is -6.73. The predicted molar refractivity (Wildman–Crippen MR) is 151 cm³/mol. The molecule has 0 saturated heterocycles. The number of nitrogens with one attached hydrogen (secondary N) is 6. The summed E-state index contributed by atoms with van der Waals surface area (Å²) in [5.41, 5.74) is 10.8. The summed E-state index contributed by atoms with van der Waals surface area (Å²) in [6.45, 7) is -0.708. The Kier molecular flexibility index (Phi) is 18.9. The maximum atomic E-state index is 12.6. The Labute approximate surface area is 252 Å². The zero-order valence-electron chi connectivity index (χ0n) is 23.5. The smallest absolute Gasteiger partial charge is 0.326 e. The molecule has 0 unspecified atom stereocenters. The van der Waals surface area contributed by atoms with Crippen LogP contribution in [-0.4, -0.2) is 125 Å². The minimum atomic E-state index is -1.76. The van der Waals surface area contributed by atoms with Crippen molar-refractivity contribution in [3.05, 3.63) is 0 Å². The van der Waals surface area contributed by atoms with Crippen molar-refractivity contribution in [3.63, 3.8) is 0 Å². The van der Waals surface area contributed by atoms with Crippen LogP contribution in [0.15, 0.2) is 0 Å². The zero-order valence-corrected chi connectivity index (χ0v) is 24.4. The van der Waals surface area contributed by atoms with Crippen molar-refractivity contribution >= 4 is 60.0 Å². The van der Waals surface area contributed by atoms with Crippen molar-refractivity contribution in [2.45, 2.75) is 62.8 Å². The summed E-state index contributed by atoms with van der Waals surface area (Å²) in [5.74, 6) is -8.54. The van der Waals surface area contributed by atoms with Gasteiger partial charge in [0.1, 0.15) is 24.2 Å².